The van der Waals surface area contributed by atoms with E-state index in [4.69, 9.17) is 18.9 Å². The average Bonchev–Trinajstić information content (AvgIpc) is 2.85. The molecule has 0 amide bonds. The lowest BCUT2D eigenvalue weighted by Crippen LogP contribution is -2.05. The third-order valence-electron chi connectivity index (χ3n) is 6.00. The first-order chi connectivity index (χ1) is 16.8. The van der Waals surface area contributed by atoms with Crippen LogP contribution >= 0.6 is 0 Å². The van der Waals surface area contributed by atoms with Gasteiger partial charge in [-0.25, -0.2) is 0 Å². The Bertz CT molecular complexity index is 944. The van der Waals surface area contributed by atoms with Gasteiger partial charge in [0.2, 0.25) is 0 Å². The SMILES string of the molecule is CCCCOc1cccc2c(OCCCC)c3c(OCCCC)cccc3c(OCCCC)c12. The van der Waals surface area contributed by atoms with Crippen LogP contribution in [0.3, 0.4) is 0 Å². The fourth-order valence-corrected chi connectivity index (χ4v) is 4.01. The summed E-state index contributed by atoms with van der Waals surface area (Å²) in [7, 11) is 0. The van der Waals surface area contributed by atoms with Gasteiger partial charge < -0.3 is 18.9 Å². The van der Waals surface area contributed by atoms with Crippen LogP contribution < -0.4 is 18.9 Å². The van der Waals surface area contributed by atoms with Gasteiger partial charge in [0.1, 0.15) is 23.0 Å². The fourth-order valence-electron chi connectivity index (χ4n) is 4.01. The van der Waals surface area contributed by atoms with Gasteiger partial charge in [-0.05, 0) is 37.8 Å². The second kappa shape index (κ2) is 13.9. The van der Waals surface area contributed by atoms with Crippen LogP contribution in [-0.4, -0.2) is 26.4 Å². The first kappa shape index (κ1) is 26.0. The molecule has 0 heterocycles. The molecule has 4 nitrogen and oxygen atoms in total. The zero-order valence-electron chi connectivity index (χ0n) is 21.6. The van der Waals surface area contributed by atoms with Crippen LogP contribution in [0.2, 0.25) is 0 Å². The average molecular weight is 467 g/mol. The van der Waals surface area contributed by atoms with Crippen LogP contribution in [0, 0.1) is 0 Å². The normalized spacial score (nSPS) is 11.2. The highest BCUT2D eigenvalue weighted by Gasteiger charge is 2.22. The highest BCUT2D eigenvalue weighted by molar-refractivity contribution is 6.15. The molecule has 0 bridgehead atoms. The van der Waals surface area contributed by atoms with E-state index in [0.717, 1.165) is 95.9 Å². The molecule has 4 heteroatoms. The zero-order chi connectivity index (χ0) is 24.2. The molecule has 0 fully saturated rings. The number of rotatable bonds is 16. The van der Waals surface area contributed by atoms with Gasteiger partial charge in [-0.2, -0.15) is 0 Å². The second-order valence-corrected chi connectivity index (χ2v) is 8.82. The summed E-state index contributed by atoms with van der Waals surface area (Å²) in [4.78, 5) is 0. The van der Waals surface area contributed by atoms with E-state index in [1.165, 1.54) is 0 Å². The first-order valence-corrected chi connectivity index (χ1v) is 13.3. The molecule has 3 rings (SSSR count). The Balaban J connectivity index is 2.26. The van der Waals surface area contributed by atoms with Crippen molar-refractivity contribution in [1.29, 1.82) is 0 Å². The van der Waals surface area contributed by atoms with Gasteiger partial charge >= 0.3 is 0 Å². The Labute approximate surface area is 205 Å². The summed E-state index contributed by atoms with van der Waals surface area (Å²) in [5.74, 6) is 3.46. The van der Waals surface area contributed by atoms with Crippen molar-refractivity contribution < 1.29 is 18.9 Å². The van der Waals surface area contributed by atoms with Gasteiger partial charge in [0, 0.05) is 10.8 Å². The molecule has 0 saturated carbocycles. The summed E-state index contributed by atoms with van der Waals surface area (Å²) in [5, 5.41) is 4.05. The van der Waals surface area contributed by atoms with E-state index >= 15 is 0 Å². The van der Waals surface area contributed by atoms with Gasteiger partial charge in [0.25, 0.3) is 0 Å². The number of unbranched alkanes of at least 4 members (excludes halogenated alkanes) is 4. The predicted octanol–water partition coefficient (Wildman–Crippen LogP) is 8.71. The minimum absolute atomic E-state index is 0.668. The summed E-state index contributed by atoms with van der Waals surface area (Å²) in [6.45, 7) is 11.4. The number of ether oxygens (including phenoxy) is 4. The molecule has 0 aromatic heterocycles. The molecule has 0 unspecified atom stereocenters. The van der Waals surface area contributed by atoms with Crippen molar-refractivity contribution in [2.24, 2.45) is 0 Å². The molecule has 0 radical (unpaired) electrons. The van der Waals surface area contributed by atoms with Crippen LogP contribution in [0.4, 0.5) is 0 Å². The van der Waals surface area contributed by atoms with E-state index in [1.54, 1.807) is 0 Å². The molecule has 0 spiro atoms. The van der Waals surface area contributed by atoms with Crippen molar-refractivity contribution in [3.05, 3.63) is 36.4 Å². The molecule has 0 N–H and O–H groups in total. The molecule has 3 aromatic carbocycles. The van der Waals surface area contributed by atoms with Crippen LogP contribution in [0.1, 0.15) is 79.1 Å². The standard InChI is InChI=1S/C30H42O4/c1-5-9-19-31-25-17-13-15-23-27(25)29(33-21-11-7-3)24-16-14-18-26(32-20-10-6-2)28(24)30(23)34-22-12-8-4/h13-18H,5-12,19-22H2,1-4H3. The summed E-state index contributed by atoms with van der Waals surface area (Å²) in [5.41, 5.74) is 0. The molecule has 0 aliphatic rings. The lowest BCUT2D eigenvalue weighted by molar-refractivity contribution is 0.298. The molecule has 0 atom stereocenters. The van der Waals surface area contributed by atoms with Gasteiger partial charge in [-0.3, -0.25) is 0 Å². The Morgan fingerprint density at radius 1 is 0.471 bits per heavy atom. The van der Waals surface area contributed by atoms with Crippen molar-refractivity contribution in [1.82, 2.24) is 0 Å². The van der Waals surface area contributed by atoms with Crippen LogP contribution in [-0.2, 0) is 0 Å². The van der Waals surface area contributed by atoms with Crippen molar-refractivity contribution >= 4 is 21.5 Å². The lowest BCUT2D eigenvalue weighted by atomic mass is 9.99. The number of hydrogen-bond acceptors (Lipinski definition) is 4. The van der Waals surface area contributed by atoms with Crippen LogP contribution in [0.15, 0.2) is 36.4 Å². The smallest absolute Gasteiger partial charge is 0.139 e. The Kier molecular flexibility index (Phi) is 10.7. The minimum Gasteiger partial charge on any atom is -0.493 e. The third kappa shape index (κ3) is 6.28. The van der Waals surface area contributed by atoms with Gasteiger partial charge in [0.05, 0.1) is 37.2 Å². The first-order valence-electron chi connectivity index (χ1n) is 13.3. The maximum Gasteiger partial charge on any atom is 0.139 e. The predicted molar refractivity (Wildman–Crippen MR) is 143 cm³/mol. The molecule has 186 valence electrons. The molecule has 3 aromatic rings. The lowest BCUT2D eigenvalue weighted by Gasteiger charge is -2.21. The summed E-state index contributed by atoms with van der Waals surface area (Å²) in [6, 6.07) is 12.5. The van der Waals surface area contributed by atoms with Gasteiger partial charge in [-0.15, -0.1) is 0 Å². The molecule has 0 aliphatic carbocycles. The quantitative estimate of drug-likeness (QED) is 0.156. The van der Waals surface area contributed by atoms with Crippen molar-refractivity contribution in [2.45, 2.75) is 79.1 Å². The maximum atomic E-state index is 6.49. The monoisotopic (exact) mass is 466 g/mol. The van der Waals surface area contributed by atoms with E-state index in [9.17, 15) is 0 Å². The van der Waals surface area contributed by atoms with E-state index in [1.807, 2.05) is 12.1 Å². The molecular weight excluding hydrogens is 424 g/mol. The Morgan fingerprint density at radius 3 is 1.18 bits per heavy atom. The topological polar surface area (TPSA) is 36.9 Å². The number of fused-ring (bicyclic) bond motifs is 2. The van der Waals surface area contributed by atoms with Gasteiger partial charge in [-0.1, -0.05) is 77.6 Å². The van der Waals surface area contributed by atoms with Crippen LogP contribution in [0.5, 0.6) is 23.0 Å². The van der Waals surface area contributed by atoms with E-state index < -0.39 is 0 Å². The van der Waals surface area contributed by atoms with Crippen molar-refractivity contribution in [3.63, 3.8) is 0 Å². The molecule has 0 saturated heterocycles. The summed E-state index contributed by atoms with van der Waals surface area (Å²) in [6.07, 6.45) is 8.40. The van der Waals surface area contributed by atoms with E-state index in [-0.39, 0.29) is 0 Å². The van der Waals surface area contributed by atoms with E-state index in [0.29, 0.717) is 26.4 Å². The van der Waals surface area contributed by atoms with Gasteiger partial charge in [0.15, 0.2) is 0 Å². The Morgan fingerprint density at radius 2 is 0.824 bits per heavy atom. The highest BCUT2D eigenvalue weighted by Crippen LogP contribution is 2.49. The highest BCUT2D eigenvalue weighted by atomic mass is 16.5. The third-order valence-corrected chi connectivity index (χ3v) is 6.00. The van der Waals surface area contributed by atoms with Crippen molar-refractivity contribution in [3.8, 4) is 23.0 Å². The maximum absolute atomic E-state index is 6.49. The molecule has 0 aliphatic heterocycles. The van der Waals surface area contributed by atoms with Crippen LogP contribution in [0.25, 0.3) is 21.5 Å². The fraction of sp³-hybridized carbons (Fsp3) is 0.533. The van der Waals surface area contributed by atoms with Crippen molar-refractivity contribution in [2.75, 3.05) is 26.4 Å². The largest absolute Gasteiger partial charge is 0.493 e. The molecule has 34 heavy (non-hydrogen) atoms. The van der Waals surface area contributed by atoms with E-state index in [2.05, 4.69) is 52.0 Å². The number of benzene rings is 3. The second-order valence-electron chi connectivity index (χ2n) is 8.82. The summed E-state index contributed by atoms with van der Waals surface area (Å²) < 4.78 is 25.5. The zero-order valence-corrected chi connectivity index (χ0v) is 21.6. The Hall–Kier alpha value is -2.62. The summed E-state index contributed by atoms with van der Waals surface area (Å²) >= 11 is 0. The minimum atomic E-state index is 0.668. The number of hydrogen-bond donors (Lipinski definition) is 0. The molecular formula is C30H42O4.